The number of para-hydroxylation sites is 1. The van der Waals surface area contributed by atoms with Crippen LogP contribution in [-0.4, -0.2) is 49.0 Å². The van der Waals surface area contributed by atoms with Crippen LogP contribution >= 0.6 is 0 Å². The van der Waals surface area contributed by atoms with Crippen molar-refractivity contribution < 1.29 is 8.42 Å². The van der Waals surface area contributed by atoms with Gasteiger partial charge in [-0.25, -0.2) is 18.1 Å². The van der Waals surface area contributed by atoms with Crippen molar-refractivity contribution >= 4 is 32.7 Å². The van der Waals surface area contributed by atoms with Gasteiger partial charge in [-0.2, -0.15) is 4.98 Å². The normalized spacial score (nSPS) is 18.6. The van der Waals surface area contributed by atoms with Crippen molar-refractivity contribution in [3.63, 3.8) is 0 Å². The molecule has 0 bridgehead atoms. The highest BCUT2D eigenvalue weighted by Crippen LogP contribution is 2.25. The van der Waals surface area contributed by atoms with Crippen LogP contribution in [0.5, 0.6) is 0 Å². The third-order valence-corrected chi connectivity index (χ3v) is 8.33. The number of nitrogens with one attached hydrogen (secondary N) is 2. The molecule has 9 heteroatoms. The molecule has 2 atom stereocenters. The summed E-state index contributed by atoms with van der Waals surface area (Å²) in [5, 5.41) is 4.23. The summed E-state index contributed by atoms with van der Waals surface area (Å²) >= 11 is 0. The number of piperidine rings is 1. The topological polar surface area (TPSA) is 113 Å². The smallest absolute Gasteiger partial charge is 0.240 e. The molecule has 192 valence electrons. The van der Waals surface area contributed by atoms with E-state index in [1.165, 1.54) is 5.56 Å². The van der Waals surface area contributed by atoms with Gasteiger partial charge < -0.3 is 11.1 Å². The van der Waals surface area contributed by atoms with Crippen LogP contribution in [0.4, 0.5) is 11.8 Å². The van der Waals surface area contributed by atoms with E-state index in [4.69, 9.17) is 5.73 Å². The van der Waals surface area contributed by atoms with Gasteiger partial charge in [-0.3, -0.25) is 4.90 Å². The summed E-state index contributed by atoms with van der Waals surface area (Å²) in [4.78, 5) is 11.7. The Labute approximate surface area is 218 Å². The number of aromatic nitrogens is 2. The van der Waals surface area contributed by atoms with Crippen LogP contribution in [0.15, 0.2) is 89.8 Å². The maximum Gasteiger partial charge on any atom is 0.240 e. The lowest BCUT2D eigenvalue weighted by molar-refractivity contribution is 0.106. The minimum Gasteiger partial charge on any atom is -0.383 e. The van der Waals surface area contributed by atoms with Crippen molar-refractivity contribution in [2.24, 2.45) is 5.92 Å². The second-order valence-corrected chi connectivity index (χ2v) is 11.3. The lowest BCUT2D eigenvalue weighted by Crippen LogP contribution is -2.49. The molecule has 37 heavy (non-hydrogen) atoms. The number of likely N-dealkylation sites (tertiary alicyclic amines) is 1. The Morgan fingerprint density at radius 1 is 0.865 bits per heavy atom. The third kappa shape index (κ3) is 6.25. The monoisotopic (exact) mass is 516 g/mol. The fourth-order valence-corrected chi connectivity index (χ4v) is 5.99. The summed E-state index contributed by atoms with van der Waals surface area (Å²) in [5.41, 5.74) is 8.17. The molecule has 2 heterocycles. The molecule has 1 aromatic heterocycles. The first-order valence-corrected chi connectivity index (χ1v) is 14.0. The highest BCUT2D eigenvalue weighted by Gasteiger charge is 2.29. The van der Waals surface area contributed by atoms with E-state index >= 15 is 0 Å². The Morgan fingerprint density at radius 2 is 1.57 bits per heavy atom. The Kier molecular flexibility index (Phi) is 7.64. The number of nitrogens with zero attached hydrogens (tertiary/aromatic N) is 3. The number of fused-ring (bicyclic) bond motifs is 1. The molecule has 5 rings (SSSR count). The number of hydrogen-bond acceptors (Lipinski definition) is 7. The van der Waals surface area contributed by atoms with Crippen LogP contribution in [0.2, 0.25) is 0 Å². The van der Waals surface area contributed by atoms with E-state index in [9.17, 15) is 8.42 Å². The van der Waals surface area contributed by atoms with Gasteiger partial charge in [0.1, 0.15) is 5.82 Å². The Hall–Kier alpha value is -3.53. The lowest BCUT2D eigenvalue weighted by Gasteiger charge is -2.40. The van der Waals surface area contributed by atoms with E-state index in [-0.39, 0.29) is 10.9 Å². The van der Waals surface area contributed by atoms with E-state index < -0.39 is 10.0 Å². The SMILES string of the molecule is Nc1nc(NC[C@@H]2CC[C@@H](CNS(=O)(=O)c3ccccc3)N(Cc3ccccc3)C2)nc2ccccc12. The number of hydrogen-bond donors (Lipinski definition) is 3. The molecule has 1 aliphatic heterocycles. The molecule has 0 aliphatic carbocycles. The van der Waals surface area contributed by atoms with Crippen LogP contribution < -0.4 is 15.8 Å². The highest BCUT2D eigenvalue weighted by atomic mass is 32.2. The van der Waals surface area contributed by atoms with Gasteiger partial charge in [0.05, 0.1) is 10.4 Å². The average molecular weight is 517 g/mol. The van der Waals surface area contributed by atoms with Crippen LogP contribution in [0.25, 0.3) is 10.9 Å². The molecule has 0 spiro atoms. The van der Waals surface area contributed by atoms with E-state index in [1.807, 2.05) is 48.5 Å². The molecule has 0 amide bonds. The predicted octanol–water partition coefficient (Wildman–Crippen LogP) is 3.88. The van der Waals surface area contributed by atoms with Gasteiger partial charge in [-0.1, -0.05) is 60.7 Å². The van der Waals surface area contributed by atoms with E-state index in [0.29, 0.717) is 30.8 Å². The molecule has 0 saturated carbocycles. The highest BCUT2D eigenvalue weighted by molar-refractivity contribution is 7.89. The first-order chi connectivity index (χ1) is 18.0. The molecular weight excluding hydrogens is 484 g/mol. The minimum absolute atomic E-state index is 0.0995. The molecule has 0 unspecified atom stereocenters. The fourth-order valence-electron chi connectivity index (χ4n) is 4.90. The van der Waals surface area contributed by atoms with E-state index in [1.54, 1.807) is 24.3 Å². The summed E-state index contributed by atoms with van der Waals surface area (Å²) in [7, 11) is -3.56. The number of benzene rings is 3. The van der Waals surface area contributed by atoms with Crippen LogP contribution in [0, 0.1) is 5.92 Å². The number of rotatable bonds is 9. The van der Waals surface area contributed by atoms with Gasteiger partial charge in [0.15, 0.2) is 0 Å². The van der Waals surface area contributed by atoms with Gasteiger partial charge in [-0.15, -0.1) is 0 Å². The van der Waals surface area contributed by atoms with Crippen molar-refractivity contribution in [1.29, 1.82) is 0 Å². The minimum atomic E-state index is -3.56. The van der Waals surface area contributed by atoms with Gasteiger partial charge in [-0.05, 0) is 48.6 Å². The van der Waals surface area contributed by atoms with E-state index in [0.717, 1.165) is 36.8 Å². The summed E-state index contributed by atoms with van der Waals surface area (Å²) in [6.45, 7) is 2.68. The zero-order valence-electron chi connectivity index (χ0n) is 20.6. The molecular formula is C28H32N6O2S. The molecule has 4 N–H and O–H groups in total. The van der Waals surface area contributed by atoms with Crippen molar-refractivity contribution in [2.75, 3.05) is 30.7 Å². The van der Waals surface area contributed by atoms with Crippen LogP contribution in [0.3, 0.4) is 0 Å². The Balaban J connectivity index is 1.26. The van der Waals surface area contributed by atoms with Gasteiger partial charge >= 0.3 is 0 Å². The first-order valence-electron chi connectivity index (χ1n) is 12.6. The maximum absolute atomic E-state index is 12.8. The van der Waals surface area contributed by atoms with Crippen molar-refractivity contribution in [3.05, 3.63) is 90.5 Å². The third-order valence-electron chi connectivity index (χ3n) is 6.89. The van der Waals surface area contributed by atoms with Crippen molar-refractivity contribution in [2.45, 2.75) is 30.3 Å². The van der Waals surface area contributed by atoms with Gasteiger partial charge in [0.25, 0.3) is 0 Å². The van der Waals surface area contributed by atoms with Crippen molar-refractivity contribution in [3.8, 4) is 0 Å². The zero-order chi connectivity index (χ0) is 25.7. The molecule has 4 aromatic rings. The second kappa shape index (κ2) is 11.2. The number of nitrogen functional groups attached to an aromatic ring is 1. The van der Waals surface area contributed by atoms with Gasteiger partial charge in [0.2, 0.25) is 16.0 Å². The number of sulfonamides is 1. The summed E-state index contributed by atoms with van der Waals surface area (Å²) < 4.78 is 28.5. The van der Waals surface area contributed by atoms with Crippen LogP contribution in [-0.2, 0) is 16.6 Å². The summed E-state index contributed by atoms with van der Waals surface area (Å²) in [6, 6.07) is 26.6. The number of nitrogens with two attached hydrogens (primary N) is 1. The molecule has 1 aliphatic rings. The van der Waals surface area contributed by atoms with E-state index in [2.05, 4.69) is 37.0 Å². The zero-order valence-corrected chi connectivity index (χ0v) is 21.4. The molecule has 3 aromatic carbocycles. The maximum atomic E-state index is 12.8. The molecule has 8 nitrogen and oxygen atoms in total. The molecule has 0 radical (unpaired) electrons. The second-order valence-electron chi connectivity index (χ2n) is 9.51. The Morgan fingerprint density at radius 3 is 2.35 bits per heavy atom. The first kappa shape index (κ1) is 25.1. The average Bonchev–Trinajstić information content (AvgIpc) is 2.92. The summed E-state index contributed by atoms with van der Waals surface area (Å²) in [6.07, 6.45) is 1.86. The van der Waals surface area contributed by atoms with Crippen molar-refractivity contribution in [1.82, 2.24) is 19.6 Å². The fraction of sp³-hybridized carbons (Fsp3) is 0.286. The molecule has 1 fully saturated rings. The quantitative estimate of drug-likeness (QED) is 0.309. The largest absolute Gasteiger partial charge is 0.383 e. The summed E-state index contributed by atoms with van der Waals surface area (Å²) in [5.74, 6) is 1.36. The Bertz CT molecular complexity index is 1430. The lowest BCUT2D eigenvalue weighted by atomic mass is 9.92. The van der Waals surface area contributed by atoms with Crippen LogP contribution in [0.1, 0.15) is 18.4 Å². The number of anilines is 2. The van der Waals surface area contributed by atoms with Gasteiger partial charge in [0, 0.05) is 37.6 Å². The predicted molar refractivity (Wildman–Crippen MR) is 147 cm³/mol. The standard InChI is InChI=1S/C28H32N6O2S/c29-27-25-13-7-8-14-26(25)32-28(33-27)30-17-22-15-16-23(34(20-22)19-21-9-3-1-4-10-21)18-31-37(35,36)24-11-5-2-6-12-24/h1-14,22-23,31H,15-20H2,(H3,29,30,32,33)/t22-,23-/m0/s1. The molecule has 1 saturated heterocycles.